The van der Waals surface area contributed by atoms with Crippen LogP contribution in [-0.4, -0.2) is 43.2 Å². The largest absolute Gasteiger partial charge is 0.408 e. The van der Waals surface area contributed by atoms with Gasteiger partial charge in [-0.2, -0.15) is 18.3 Å². The molecule has 0 radical (unpaired) electrons. The fourth-order valence-electron chi connectivity index (χ4n) is 4.75. The maximum absolute atomic E-state index is 14.4. The van der Waals surface area contributed by atoms with Gasteiger partial charge < -0.3 is 4.74 Å². The lowest BCUT2D eigenvalue weighted by molar-refractivity contribution is -0.142. The van der Waals surface area contributed by atoms with Crippen molar-refractivity contribution in [3.63, 3.8) is 0 Å². The van der Waals surface area contributed by atoms with E-state index >= 15 is 0 Å². The number of hydrogen-bond acceptors (Lipinski definition) is 4. The third-order valence-corrected chi connectivity index (χ3v) is 7.60. The molecule has 0 bridgehead atoms. The van der Waals surface area contributed by atoms with E-state index in [0.717, 1.165) is 16.5 Å². The minimum Gasteiger partial charge on any atom is -0.376 e. The van der Waals surface area contributed by atoms with Crippen molar-refractivity contribution in [1.82, 2.24) is 9.78 Å². The highest BCUT2D eigenvalue weighted by molar-refractivity contribution is 7.90. The summed E-state index contributed by atoms with van der Waals surface area (Å²) in [6.07, 6.45) is -3.08. The number of ether oxygens (including phenoxy) is 1. The second kappa shape index (κ2) is 10.5. The van der Waals surface area contributed by atoms with Gasteiger partial charge in [0.1, 0.15) is 6.54 Å². The molecule has 1 aliphatic rings. The van der Waals surface area contributed by atoms with Gasteiger partial charge in [0.05, 0.1) is 23.8 Å². The normalized spacial score (nSPS) is 20.2. The Labute approximate surface area is 212 Å². The Kier molecular flexibility index (Phi) is 7.75. The molecule has 0 N–H and O–H groups in total. The summed E-state index contributed by atoms with van der Waals surface area (Å²) < 4.78 is 98.6. The van der Waals surface area contributed by atoms with Crippen LogP contribution in [0, 0.1) is 5.92 Å². The first-order chi connectivity index (χ1) is 17.3. The number of benzene rings is 2. The predicted molar refractivity (Wildman–Crippen MR) is 128 cm³/mol. The molecule has 5 nitrogen and oxygen atoms in total. The lowest BCUT2D eigenvalue weighted by Gasteiger charge is -2.35. The van der Waals surface area contributed by atoms with E-state index in [-0.39, 0.29) is 30.2 Å². The van der Waals surface area contributed by atoms with Gasteiger partial charge in [0.25, 0.3) is 0 Å². The third kappa shape index (κ3) is 7.16. The average Bonchev–Trinajstić information content (AvgIpc) is 3.20. The Balaban J connectivity index is 1.67. The summed E-state index contributed by atoms with van der Waals surface area (Å²) in [7, 11) is -3.48. The van der Waals surface area contributed by atoms with Crippen molar-refractivity contribution >= 4 is 9.84 Å². The van der Waals surface area contributed by atoms with Gasteiger partial charge in [0, 0.05) is 36.8 Å². The van der Waals surface area contributed by atoms with Gasteiger partial charge in [-0.05, 0) is 35.6 Å². The fourth-order valence-corrected chi connectivity index (χ4v) is 5.38. The van der Waals surface area contributed by atoms with Gasteiger partial charge in [-0.3, -0.25) is 4.68 Å². The number of rotatable bonds is 8. The quantitative estimate of drug-likeness (QED) is 0.316. The maximum atomic E-state index is 14.4. The van der Waals surface area contributed by atoms with Gasteiger partial charge in [-0.1, -0.05) is 42.5 Å². The minimum absolute atomic E-state index is 0.00621. The van der Waals surface area contributed by atoms with Crippen molar-refractivity contribution in [3.8, 4) is 11.1 Å². The SMILES string of the molecule is CS(=O)(=O)c1ccc(-c2cn(CC(F)(F)F)nc2[C@@H]2CCC(F)(F)C[C@@H]2COCc2ccccc2)cc1. The molecule has 11 heteroatoms. The summed E-state index contributed by atoms with van der Waals surface area (Å²) >= 11 is 0. The van der Waals surface area contributed by atoms with E-state index in [1.165, 1.54) is 30.5 Å². The highest BCUT2D eigenvalue weighted by Crippen LogP contribution is 2.47. The minimum atomic E-state index is -4.53. The first kappa shape index (κ1) is 27.3. The number of hydrogen-bond donors (Lipinski definition) is 0. The molecule has 0 unspecified atom stereocenters. The van der Waals surface area contributed by atoms with Crippen LogP contribution in [0.2, 0.25) is 0 Å². The molecule has 4 rings (SSSR count). The second-order valence-corrected chi connectivity index (χ2v) is 11.5. The predicted octanol–water partition coefficient (Wildman–Crippen LogP) is 6.25. The van der Waals surface area contributed by atoms with Crippen LogP contribution in [0.1, 0.15) is 36.4 Å². The third-order valence-electron chi connectivity index (χ3n) is 6.47. The van der Waals surface area contributed by atoms with E-state index in [1.807, 2.05) is 30.3 Å². The zero-order valence-electron chi connectivity index (χ0n) is 20.1. The van der Waals surface area contributed by atoms with Crippen LogP contribution in [0.25, 0.3) is 11.1 Å². The molecule has 0 amide bonds. The first-order valence-corrected chi connectivity index (χ1v) is 13.6. The summed E-state index contributed by atoms with van der Waals surface area (Å²) in [6.45, 7) is -1.12. The van der Waals surface area contributed by atoms with E-state index < -0.39 is 53.2 Å². The van der Waals surface area contributed by atoms with Gasteiger partial charge in [-0.15, -0.1) is 0 Å². The topological polar surface area (TPSA) is 61.2 Å². The number of alkyl halides is 5. The van der Waals surface area contributed by atoms with Crippen LogP contribution in [0.3, 0.4) is 0 Å². The Morgan fingerprint density at radius 3 is 2.38 bits per heavy atom. The van der Waals surface area contributed by atoms with Crippen LogP contribution in [0.4, 0.5) is 22.0 Å². The second-order valence-electron chi connectivity index (χ2n) is 9.50. The van der Waals surface area contributed by atoms with Crippen molar-refractivity contribution in [2.45, 2.75) is 55.3 Å². The van der Waals surface area contributed by atoms with E-state index in [0.29, 0.717) is 11.1 Å². The molecule has 1 fully saturated rings. The van der Waals surface area contributed by atoms with Crippen molar-refractivity contribution in [2.24, 2.45) is 5.92 Å². The zero-order valence-corrected chi connectivity index (χ0v) is 20.9. The zero-order chi connectivity index (χ0) is 26.8. The molecule has 0 saturated heterocycles. The van der Waals surface area contributed by atoms with Crippen LogP contribution in [-0.2, 0) is 27.7 Å². The molecule has 0 spiro atoms. The number of aromatic nitrogens is 2. The molecular formula is C26H27F5N2O3S. The van der Waals surface area contributed by atoms with Crippen LogP contribution < -0.4 is 0 Å². The molecule has 1 aromatic heterocycles. The Hall–Kier alpha value is -2.79. The summed E-state index contributed by atoms with van der Waals surface area (Å²) in [4.78, 5) is 0.0602. The number of sulfone groups is 1. The average molecular weight is 543 g/mol. The molecule has 1 saturated carbocycles. The fraction of sp³-hybridized carbons (Fsp3) is 0.423. The summed E-state index contributed by atoms with van der Waals surface area (Å²) in [5.41, 5.74) is 1.97. The van der Waals surface area contributed by atoms with Gasteiger partial charge in [0.2, 0.25) is 5.92 Å². The molecule has 3 aromatic rings. The first-order valence-electron chi connectivity index (χ1n) is 11.7. The number of nitrogens with zero attached hydrogens (tertiary/aromatic N) is 2. The Morgan fingerprint density at radius 1 is 1.08 bits per heavy atom. The van der Waals surface area contributed by atoms with Crippen molar-refractivity contribution in [2.75, 3.05) is 12.9 Å². The molecule has 37 heavy (non-hydrogen) atoms. The smallest absolute Gasteiger partial charge is 0.376 e. The molecule has 2 atom stereocenters. The molecule has 200 valence electrons. The highest BCUT2D eigenvalue weighted by atomic mass is 32.2. The highest BCUT2D eigenvalue weighted by Gasteiger charge is 2.44. The Bertz CT molecular complexity index is 1310. The van der Waals surface area contributed by atoms with E-state index in [1.54, 1.807) is 0 Å². The van der Waals surface area contributed by atoms with Crippen LogP contribution in [0.5, 0.6) is 0 Å². The molecule has 0 aliphatic heterocycles. The molecular weight excluding hydrogens is 515 g/mol. The van der Waals surface area contributed by atoms with E-state index in [2.05, 4.69) is 5.10 Å². The van der Waals surface area contributed by atoms with Crippen LogP contribution >= 0.6 is 0 Å². The van der Waals surface area contributed by atoms with Crippen LogP contribution in [0.15, 0.2) is 65.7 Å². The van der Waals surface area contributed by atoms with Gasteiger partial charge in [-0.25, -0.2) is 17.2 Å². The summed E-state index contributed by atoms with van der Waals surface area (Å²) in [5, 5.41) is 4.21. The van der Waals surface area contributed by atoms with Crippen molar-refractivity contribution in [3.05, 3.63) is 72.1 Å². The maximum Gasteiger partial charge on any atom is 0.408 e. The lowest BCUT2D eigenvalue weighted by Crippen LogP contribution is -2.34. The number of halogens is 5. The standard InChI is InChI=1S/C26H27F5N2O3S/c1-37(34,35)21-9-7-19(8-10-21)23-14-33(17-26(29,30)31)32-24(23)22-11-12-25(27,28)13-20(22)16-36-15-18-5-3-2-4-6-18/h2-10,14,20,22H,11-13,15-17H2,1H3/t20-,22-/m1/s1. The van der Waals surface area contributed by atoms with E-state index in [9.17, 15) is 30.4 Å². The van der Waals surface area contributed by atoms with Gasteiger partial charge >= 0.3 is 6.18 Å². The van der Waals surface area contributed by atoms with Crippen molar-refractivity contribution < 1.29 is 35.1 Å². The monoisotopic (exact) mass is 542 g/mol. The molecule has 2 aromatic carbocycles. The summed E-state index contributed by atoms with van der Waals surface area (Å²) in [6, 6.07) is 14.9. The lowest BCUT2D eigenvalue weighted by atomic mass is 9.75. The summed E-state index contributed by atoms with van der Waals surface area (Å²) in [5.74, 6) is -4.14. The molecule has 1 aliphatic carbocycles. The van der Waals surface area contributed by atoms with E-state index in [4.69, 9.17) is 4.74 Å². The van der Waals surface area contributed by atoms with Crippen molar-refractivity contribution in [1.29, 1.82) is 0 Å². The molecule has 1 heterocycles. The Morgan fingerprint density at radius 2 is 1.76 bits per heavy atom. The van der Waals surface area contributed by atoms with Gasteiger partial charge in [0.15, 0.2) is 9.84 Å².